The van der Waals surface area contributed by atoms with Crippen LogP contribution in [0.2, 0.25) is 5.35 Å². The lowest BCUT2D eigenvalue weighted by atomic mass is 10.1. The number of ether oxygens (including phenoxy) is 1. The first-order valence-electron chi connectivity index (χ1n) is 4.29. The number of oxazole rings is 1. The Morgan fingerprint density at radius 1 is 1.60 bits per heavy atom. The van der Waals surface area contributed by atoms with Gasteiger partial charge in [-0.3, -0.25) is 4.79 Å². The predicted octanol–water partition coefficient (Wildman–Crippen LogP) is 2.31. The Morgan fingerprint density at radius 2 is 2.40 bits per heavy atom. The number of hydrogen-bond donors (Lipinski definition) is 0. The number of fused-ring (bicyclic) bond motifs is 1. The maximum absolute atomic E-state index is 11.5. The Hall–Kier alpha value is -1.39. The van der Waals surface area contributed by atoms with Gasteiger partial charge in [0.05, 0.1) is 0 Å². The summed E-state index contributed by atoms with van der Waals surface area (Å²) in [7, 11) is 1.48. The minimum Gasteiger partial charge on any atom is -0.428 e. The number of Topliss-reactive ketones (excluding diaryl/α,β-unsaturated/α-hetero) is 1. The summed E-state index contributed by atoms with van der Waals surface area (Å²) in [6.07, 6.45) is 0. The summed E-state index contributed by atoms with van der Waals surface area (Å²) >= 11 is 5.59. The summed E-state index contributed by atoms with van der Waals surface area (Å²) in [6, 6.07) is 4.95. The highest BCUT2D eigenvalue weighted by Crippen LogP contribution is 2.20. The Kier molecular flexibility index (Phi) is 2.70. The zero-order valence-electron chi connectivity index (χ0n) is 7.99. The van der Waals surface area contributed by atoms with Crippen LogP contribution in [0.5, 0.6) is 0 Å². The highest BCUT2D eigenvalue weighted by Gasteiger charge is 2.09. The lowest BCUT2D eigenvalue weighted by molar-refractivity contribution is 0.0848. The van der Waals surface area contributed by atoms with Crippen molar-refractivity contribution in [3.63, 3.8) is 0 Å². The Morgan fingerprint density at radius 3 is 3.13 bits per heavy atom. The van der Waals surface area contributed by atoms with Crippen LogP contribution >= 0.6 is 11.6 Å². The zero-order valence-corrected chi connectivity index (χ0v) is 8.75. The van der Waals surface area contributed by atoms with Crippen molar-refractivity contribution in [3.8, 4) is 0 Å². The van der Waals surface area contributed by atoms with Gasteiger partial charge in [0, 0.05) is 12.7 Å². The van der Waals surface area contributed by atoms with Gasteiger partial charge in [0.15, 0.2) is 11.4 Å². The monoisotopic (exact) mass is 225 g/mol. The van der Waals surface area contributed by atoms with E-state index in [0.717, 1.165) is 0 Å². The molecule has 1 heterocycles. The van der Waals surface area contributed by atoms with E-state index in [0.29, 0.717) is 16.7 Å². The fourth-order valence-electron chi connectivity index (χ4n) is 1.29. The molecule has 0 atom stereocenters. The van der Waals surface area contributed by atoms with Crippen molar-refractivity contribution in [3.05, 3.63) is 29.1 Å². The molecule has 0 aliphatic carbocycles. The molecule has 78 valence electrons. The summed E-state index contributed by atoms with van der Waals surface area (Å²) in [5.74, 6) is -0.0986. The highest BCUT2D eigenvalue weighted by atomic mass is 35.5. The fourth-order valence-corrected chi connectivity index (χ4v) is 1.46. The number of hydrogen-bond acceptors (Lipinski definition) is 4. The van der Waals surface area contributed by atoms with Crippen molar-refractivity contribution in [2.75, 3.05) is 13.7 Å². The van der Waals surface area contributed by atoms with Crippen LogP contribution in [-0.2, 0) is 4.74 Å². The number of aromatic nitrogens is 1. The first kappa shape index (κ1) is 10.1. The molecular formula is C10H8ClNO3. The minimum atomic E-state index is -0.0986. The van der Waals surface area contributed by atoms with Gasteiger partial charge in [-0.1, -0.05) is 0 Å². The molecule has 4 nitrogen and oxygen atoms in total. The summed E-state index contributed by atoms with van der Waals surface area (Å²) in [5.41, 5.74) is 1.67. The van der Waals surface area contributed by atoms with E-state index in [2.05, 4.69) is 4.98 Å². The molecule has 1 aromatic carbocycles. The van der Waals surface area contributed by atoms with Gasteiger partial charge in [-0.05, 0) is 29.8 Å². The molecule has 0 N–H and O–H groups in total. The van der Waals surface area contributed by atoms with E-state index in [1.165, 1.54) is 7.11 Å². The molecule has 5 heteroatoms. The second kappa shape index (κ2) is 4.00. The van der Waals surface area contributed by atoms with E-state index < -0.39 is 0 Å². The van der Waals surface area contributed by atoms with E-state index >= 15 is 0 Å². The third-order valence-electron chi connectivity index (χ3n) is 1.96. The van der Waals surface area contributed by atoms with Gasteiger partial charge in [0.1, 0.15) is 12.1 Å². The highest BCUT2D eigenvalue weighted by molar-refractivity contribution is 6.28. The molecule has 0 radical (unpaired) electrons. The van der Waals surface area contributed by atoms with Crippen LogP contribution in [0.1, 0.15) is 10.4 Å². The second-order valence-corrected chi connectivity index (χ2v) is 3.33. The van der Waals surface area contributed by atoms with Gasteiger partial charge >= 0.3 is 0 Å². The third kappa shape index (κ3) is 2.00. The van der Waals surface area contributed by atoms with Gasteiger partial charge in [-0.15, -0.1) is 0 Å². The van der Waals surface area contributed by atoms with Gasteiger partial charge in [-0.2, -0.15) is 4.98 Å². The molecule has 1 aromatic heterocycles. The summed E-state index contributed by atoms with van der Waals surface area (Å²) in [6.45, 7) is 0.0527. The first-order chi connectivity index (χ1) is 7.20. The van der Waals surface area contributed by atoms with Crippen LogP contribution in [0.25, 0.3) is 11.1 Å². The minimum absolute atomic E-state index is 0.0527. The molecular weight excluding hydrogens is 218 g/mol. The molecule has 0 aliphatic rings. The topological polar surface area (TPSA) is 52.3 Å². The Balaban J connectivity index is 2.41. The summed E-state index contributed by atoms with van der Waals surface area (Å²) < 4.78 is 9.83. The molecule has 0 aliphatic heterocycles. The van der Waals surface area contributed by atoms with E-state index in [4.69, 9.17) is 20.8 Å². The number of benzene rings is 1. The largest absolute Gasteiger partial charge is 0.428 e. The predicted molar refractivity (Wildman–Crippen MR) is 55.2 cm³/mol. The quantitative estimate of drug-likeness (QED) is 0.753. The average Bonchev–Trinajstić information content (AvgIpc) is 2.57. The standard InChI is InChI=1S/C10H8ClNO3/c1-14-5-8(13)6-2-3-9-7(4-6)12-10(11)15-9/h2-4H,5H2,1H3. The summed E-state index contributed by atoms with van der Waals surface area (Å²) in [5, 5.41) is 0.0707. The molecule has 0 amide bonds. The van der Waals surface area contributed by atoms with Crippen molar-refractivity contribution >= 4 is 28.5 Å². The lowest BCUT2D eigenvalue weighted by Gasteiger charge is -1.98. The fraction of sp³-hybridized carbons (Fsp3) is 0.200. The molecule has 0 saturated carbocycles. The SMILES string of the molecule is COCC(=O)c1ccc2oc(Cl)nc2c1. The van der Waals surface area contributed by atoms with Crippen LogP contribution in [0.15, 0.2) is 22.6 Å². The van der Waals surface area contributed by atoms with Crippen molar-refractivity contribution < 1.29 is 13.9 Å². The van der Waals surface area contributed by atoms with E-state index in [1.54, 1.807) is 18.2 Å². The number of rotatable bonds is 3. The normalized spacial score (nSPS) is 10.8. The lowest BCUT2D eigenvalue weighted by Crippen LogP contribution is -2.06. The van der Waals surface area contributed by atoms with Crippen LogP contribution in [0, 0.1) is 0 Å². The molecule has 0 unspecified atom stereocenters. The molecule has 2 rings (SSSR count). The van der Waals surface area contributed by atoms with Gasteiger partial charge in [-0.25, -0.2) is 0 Å². The van der Waals surface area contributed by atoms with Gasteiger partial charge in [0.2, 0.25) is 0 Å². The maximum Gasteiger partial charge on any atom is 0.293 e. The Bertz CT molecular complexity index is 506. The van der Waals surface area contributed by atoms with Crippen molar-refractivity contribution in [2.24, 2.45) is 0 Å². The van der Waals surface area contributed by atoms with Crippen molar-refractivity contribution in [1.29, 1.82) is 0 Å². The molecule has 15 heavy (non-hydrogen) atoms. The molecule has 0 saturated heterocycles. The van der Waals surface area contributed by atoms with Crippen LogP contribution in [0.4, 0.5) is 0 Å². The first-order valence-corrected chi connectivity index (χ1v) is 4.67. The molecule has 0 spiro atoms. The van der Waals surface area contributed by atoms with Gasteiger partial charge < -0.3 is 9.15 Å². The number of nitrogens with zero attached hydrogens (tertiary/aromatic N) is 1. The number of ketones is 1. The maximum atomic E-state index is 11.5. The second-order valence-electron chi connectivity index (χ2n) is 3.01. The number of methoxy groups -OCH3 is 1. The Labute approximate surface area is 90.8 Å². The van der Waals surface area contributed by atoms with Crippen molar-refractivity contribution in [2.45, 2.75) is 0 Å². The number of halogens is 1. The number of carbonyl (C=O) groups is 1. The zero-order chi connectivity index (χ0) is 10.8. The van der Waals surface area contributed by atoms with Crippen LogP contribution in [0.3, 0.4) is 0 Å². The average molecular weight is 226 g/mol. The molecule has 0 fully saturated rings. The molecule has 2 aromatic rings. The number of carbonyl (C=O) groups excluding carboxylic acids is 1. The molecule has 0 bridgehead atoms. The van der Waals surface area contributed by atoms with Crippen LogP contribution < -0.4 is 0 Å². The summed E-state index contributed by atoms with van der Waals surface area (Å²) in [4.78, 5) is 15.4. The van der Waals surface area contributed by atoms with E-state index in [9.17, 15) is 4.79 Å². The van der Waals surface area contributed by atoms with Crippen LogP contribution in [-0.4, -0.2) is 24.5 Å². The third-order valence-corrected chi connectivity index (χ3v) is 2.12. The smallest absolute Gasteiger partial charge is 0.293 e. The van der Waals surface area contributed by atoms with E-state index in [-0.39, 0.29) is 17.7 Å². The van der Waals surface area contributed by atoms with Crippen molar-refractivity contribution in [1.82, 2.24) is 4.98 Å². The van der Waals surface area contributed by atoms with Gasteiger partial charge in [0.25, 0.3) is 5.35 Å². The van der Waals surface area contributed by atoms with E-state index in [1.807, 2.05) is 0 Å².